The number of nitro benzene ring substituents is 1. The molecule has 0 aromatic heterocycles. The molecule has 1 aliphatic rings. The molecule has 0 spiro atoms. The Morgan fingerprint density at radius 3 is 2.69 bits per heavy atom. The molecular weight excluding hydrogens is 498 g/mol. The molecule has 1 aliphatic heterocycles. The summed E-state index contributed by atoms with van der Waals surface area (Å²) in [4.78, 5) is 61.1. The van der Waals surface area contributed by atoms with Crippen LogP contribution in [-0.2, 0) is 14.3 Å². The smallest absolute Gasteiger partial charge is 0.339 e. The molecule has 10 nitrogen and oxygen atoms in total. The number of unbranched alkanes of at least 4 members (excludes halogenated alkanes) is 1. The van der Waals surface area contributed by atoms with Crippen LogP contribution in [0.2, 0.25) is 5.02 Å². The first-order valence-electron chi connectivity index (χ1n) is 10.5. The number of benzene rings is 2. The lowest BCUT2D eigenvalue weighted by atomic mass is 10.1. The first kappa shape index (κ1) is 25.9. The predicted octanol–water partition coefficient (Wildman–Crippen LogP) is 4.88. The number of imide groups is 1. The molecule has 1 saturated heterocycles. The molecule has 35 heavy (non-hydrogen) atoms. The zero-order chi connectivity index (χ0) is 25.5. The number of nitrogens with zero attached hydrogens (tertiary/aromatic N) is 2. The van der Waals surface area contributed by atoms with Gasteiger partial charge in [-0.05, 0) is 48.5 Å². The Morgan fingerprint density at radius 1 is 1.23 bits per heavy atom. The molecule has 0 atom stereocenters. The molecule has 0 radical (unpaired) electrons. The van der Waals surface area contributed by atoms with Gasteiger partial charge in [-0.3, -0.25) is 29.4 Å². The number of nitro groups is 1. The van der Waals surface area contributed by atoms with Crippen LogP contribution < -0.4 is 5.32 Å². The topological polar surface area (TPSA) is 136 Å². The third-order valence-corrected chi connectivity index (χ3v) is 6.03. The number of hydrogen-bond acceptors (Lipinski definition) is 8. The molecule has 0 unspecified atom stereocenters. The highest BCUT2D eigenvalue weighted by molar-refractivity contribution is 8.18. The molecule has 3 amide bonds. The zero-order valence-corrected chi connectivity index (χ0v) is 20.1. The van der Waals surface area contributed by atoms with Gasteiger partial charge in [0.05, 0.1) is 32.6 Å². The van der Waals surface area contributed by atoms with E-state index in [1.54, 1.807) is 6.07 Å². The summed E-state index contributed by atoms with van der Waals surface area (Å²) < 4.78 is 5.14. The SMILES string of the molecule is CCCCOC(=O)c1cc(NC(=O)CN2C(=O)S/C(=C/c3ccccc3[N+](=O)[O-])C2=O)ccc1Cl. The molecule has 182 valence electrons. The molecule has 0 bridgehead atoms. The maximum Gasteiger partial charge on any atom is 0.339 e. The van der Waals surface area contributed by atoms with Crippen molar-refractivity contribution in [1.82, 2.24) is 4.90 Å². The summed E-state index contributed by atoms with van der Waals surface area (Å²) in [5.74, 6) is -2.07. The summed E-state index contributed by atoms with van der Waals surface area (Å²) in [5.41, 5.74) is 0.235. The maximum absolute atomic E-state index is 12.7. The van der Waals surface area contributed by atoms with Crippen molar-refractivity contribution in [3.05, 3.63) is 73.6 Å². The van der Waals surface area contributed by atoms with Gasteiger partial charge < -0.3 is 10.1 Å². The molecule has 1 heterocycles. The summed E-state index contributed by atoms with van der Waals surface area (Å²) in [6.45, 7) is 1.61. The summed E-state index contributed by atoms with van der Waals surface area (Å²) >= 11 is 6.65. The van der Waals surface area contributed by atoms with Gasteiger partial charge in [0, 0.05) is 11.8 Å². The van der Waals surface area contributed by atoms with Crippen LogP contribution in [0, 0.1) is 10.1 Å². The van der Waals surface area contributed by atoms with Crippen LogP contribution in [0.3, 0.4) is 0 Å². The van der Waals surface area contributed by atoms with E-state index in [0.29, 0.717) is 18.2 Å². The van der Waals surface area contributed by atoms with Gasteiger partial charge in [0.15, 0.2) is 0 Å². The van der Waals surface area contributed by atoms with E-state index in [-0.39, 0.29) is 39.0 Å². The lowest BCUT2D eigenvalue weighted by molar-refractivity contribution is -0.385. The lowest BCUT2D eigenvalue weighted by Crippen LogP contribution is -2.36. The monoisotopic (exact) mass is 517 g/mol. The molecule has 1 fully saturated rings. The third-order valence-electron chi connectivity index (χ3n) is 4.80. The summed E-state index contributed by atoms with van der Waals surface area (Å²) in [6.07, 6.45) is 2.79. The molecule has 2 aromatic rings. The Hall–Kier alpha value is -3.70. The average Bonchev–Trinajstić information content (AvgIpc) is 3.07. The van der Waals surface area contributed by atoms with E-state index < -0.39 is 34.5 Å². The minimum absolute atomic E-state index is 0.0410. The van der Waals surface area contributed by atoms with Gasteiger partial charge in [-0.15, -0.1) is 0 Å². The standard InChI is InChI=1S/C23H20ClN3O7S/c1-2-3-10-34-22(30)16-12-15(8-9-17(16)24)25-20(28)13-26-21(29)19(35-23(26)31)11-14-6-4-5-7-18(14)27(32)33/h4-9,11-12H,2-3,10,13H2,1H3,(H,25,28)/b19-11+. The molecule has 1 N–H and O–H groups in total. The van der Waals surface area contributed by atoms with E-state index in [1.165, 1.54) is 42.5 Å². The summed E-state index contributed by atoms with van der Waals surface area (Å²) in [6, 6.07) is 10.0. The van der Waals surface area contributed by atoms with Crippen LogP contribution in [0.5, 0.6) is 0 Å². The molecule has 0 aliphatic carbocycles. The van der Waals surface area contributed by atoms with E-state index in [0.717, 1.165) is 11.3 Å². The van der Waals surface area contributed by atoms with Crippen LogP contribution in [0.4, 0.5) is 16.2 Å². The Balaban J connectivity index is 1.69. The molecule has 3 rings (SSSR count). The number of nitrogens with one attached hydrogen (secondary N) is 1. The number of carbonyl (C=O) groups is 4. The van der Waals surface area contributed by atoms with Crippen molar-refractivity contribution in [3.8, 4) is 0 Å². The van der Waals surface area contributed by atoms with E-state index in [1.807, 2.05) is 6.92 Å². The van der Waals surface area contributed by atoms with Crippen molar-refractivity contribution < 1.29 is 28.8 Å². The molecule has 2 aromatic carbocycles. The Bertz CT molecular complexity index is 1230. The fraction of sp³-hybridized carbons (Fsp3) is 0.217. The van der Waals surface area contributed by atoms with Crippen molar-refractivity contribution in [3.63, 3.8) is 0 Å². The number of carbonyl (C=O) groups excluding carboxylic acids is 4. The Labute approximate surface area is 209 Å². The Morgan fingerprint density at radius 2 is 1.97 bits per heavy atom. The summed E-state index contributed by atoms with van der Waals surface area (Å²) in [5, 5.41) is 13.2. The van der Waals surface area contributed by atoms with Gasteiger partial charge in [-0.1, -0.05) is 37.1 Å². The Kier molecular flexibility index (Phi) is 8.61. The number of rotatable bonds is 9. The summed E-state index contributed by atoms with van der Waals surface area (Å²) in [7, 11) is 0. The molecular formula is C23H20ClN3O7S. The van der Waals surface area contributed by atoms with Gasteiger partial charge >= 0.3 is 5.97 Å². The van der Waals surface area contributed by atoms with Gasteiger partial charge in [0.25, 0.3) is 16.8 Å². The van der Waals surface area contributed by atoms with Crippen LogP contribution >= 0.6 is 23.4 Å². The third kappa shape index (κ3) is 6.46. The number of esters is 1. The number of halogens is 1. The van der Waals surface area contributed by atoms with Crippen LogP contribution in [0.25, 0.3) is 6.08 Å². The van der Waals surface area contributed by atoms with E-state index in [9.17, 15) is 29.3 Å². The number of ether oxygens (including phenoxy) is 1. The minimum Gasteiger partial charge on any atom is -0.462 e. The number of para-hydroxylation sites is 1. The van der Waals surface area contributed by atoms with Crippen molar-refractivity contribution in [2.45, 2.75) is 19.8 Å². The normalized spacial score (nSPS) is 14.3. The van der Waals surface area contributed by atoms with Gasteiger partial charge in [-0.25, -0.2) is 4.79 Å². The number of anilines is 1. The van der Waals surface area contributed by atoms with Crippen LogP contribution in [0.1, 0.15) is 35.7 Å². The van der Waals surface area contributed by atoms with E-state index in [2.05, 4.69) is 5.32 Å². The van der Waals surface area contributed by atoms with E-state index >= 15 is 0 Å². The highest BCUT2D eigenvalue weighted by atomic mass is 35.5. The quantitative estimate of drug-likeness (QED) is 0.163. The highest BCUT2D eigenvalue weighted by Crippen LogP contribution is 2.34. The zero-order valence-electron chi connectivity index (χ0n) is 18.5. The second-order valence-corrected chi connectivity index (χ2v) is 8.72. The number of thioether (sulfide) groups is 1. The molecule has 0 saturated carbocycles. The van der Waals surface area contributed by atoms with E-state index in [4.69, 9.17) is 16.3 Å². The highest BCUT2D eigenvalue weighted by Gasteiger charge is 2.36. The second kappa shape index (κ2) is 11.6. The van der Waals surface area contributed by atoms with Crippen molar-refractivity contribution >= 4 is 63.8 Å². The predicted molar refractivity (Wildman–Crippen MR) is 131 cm³/mol. The average molecular weight is 518 g/mol. The van der Waals surface area contributed by atoms with Crippen LogP contribution in [-0.4, -0.2) is 46.0 Å². The number of amides is 3. The van der Waals surface area contributed by atoms with Crippen molar-refractivity contribution in [2.24, 2.45) is 0 Å². The van der Waals surface area contributed by atoms with Gasteiger partial charge in [-0.2, -0.15) is 0 Å². The molecule has 12 heteroatoms. The van der Waals surface area contributed by atoms with Gasteiger partial charge in [0.2, 0.25) is 5.91 Å². The minimum atomic E-state index is -0.746. The van der Waals surface area contributed by atoms with Gasteiger partial charge in [0.1, 0.15) is 6.54 Å². The number of hydrogen-bond donors (Lipinski definition) is 1. The first-order chi connectivity index (χ1) is 16.7. The fourth-order valence-corrected chi connectivity index (χ4v) is 4.07. The first-order valence-corrected chi connectivity index (χ1v) is 11.7. The lowest BCUT2D eigenvalue weighted by Gasteiger charge is -2.13. The van der Waals surface area contributed by atoms with Crippen LogP contribution in [0.15, 0.2) is 47.4 Å². The fourth-order valence-electron chi connectivity index (χ4n) is 3.04. The van der Waals surface area contributed by atoms with Crippen molar-refractivity contribution in [2.75, 3.05) is 18.5 Å². The second-order valence-electron chi connectivity index (χ2n) is 7.32. The largest absolute Gasteiger partial charge is 0.462 e. The van der Waals surface area contributed by atoms with Crippen molar-refractivity contribution in [1.29, 1.82) is 0 Å². The maximum atomic E-state index is 12.7.